The van der Waals surface area contributed by atoms with Gasteiger partial charge in [0.05, 0.1) is 0 Å². The van der Waals surface area contributed by atoms with Crippen LogP contribution in [-0.4, -0.2) is 18.6 Å². The second-order valence-corrected chi connectivity index (χ2v) is 7.19. The van der Waals surface area contributed by atoms with Crippen molar-refractivity contribution < 1.29 is 14.0 Å². The van der Waals surface area contributed by atoms with Gasteiger partial charge in [-0.1, -0.05) is 48.2 Å². The minimum absolute atomic E-state index is 0.153. The predicted octanol–water partition coefficient (Wildman–Crippen LogP) is 5.31. The minimum Gasteiger partial charge on any atom is -0.328 e. The van der Waals surface area contributed by atoms with E-state index in [0.29, 0.717) is 12.0 Å². The highest BCUT2D eigenvalue weighted by atomic mass is 32.2. The monoisotopic (exact) mass is 394 g/mol. The zero-order valence-corrected chi connectivity index (χ0v) is 15.8. The Morgan fingerprint density at radius 1 is 0.857 bits per heavy atom. The average Bonchev–Trinajstić information content (AvgIpc) is 2.69. The number of anilines is 1. The first-order chi connectivity index (χ1) is 13.6. The van der Waals surface area contributed by atoms with Crippen molar-refractivity contribution in [3.05, 3.63) is 90.0 Å². The smallest absolute Gasteiger partial charge is 0.328 e. The minimum atomic E-state index is -1.51. The molecular weight excluding hydrogens is 375 g/mol. The molecule has 0 atom stereocenters. The summed E-state index contributed by atoms with van der Waals surface area (Å²) in [5, 5.41) is 5.06. The van der Waals surface area contributed by atoms with Crippen LogP contribution in [0, 0.1) is 0 Å². The molecule has 0 radical (unpaired) electrons. The van der Waals surface area contributed by atoms with Gasteiger partial charge in [-0.05, 0) is 54.4 Å². The van der Waals surface area contributed by atoms with Crippen LogP contribution in [0.25, 0.3) is 0 Å². The summed E-state index contributed by atoms with van der Waals surface area (Å²) in [5.41, 5.74) is 2.33. The zero-order chi connectivity index (χ0) is 19.8. The van der Waals surface area contributed by atoms with Gasteiger partial charge in [0.2, 0.25) is 0 Å². The standard InChI is InChI=1S/C22H19FN2O2S/c23-22(27)24-13-12-16-6-4-10-19(14-16)28-20-11-5-9-18(15-20)25-21(26)17-7-2-1-3-8-17/h1-11,14-15H,12-13H2,(H,24,27)(H,25,26). The topological polar surface area (TPSA) is 58.2 Å². The number of amides is 2. The van der Waals surface area contributed by atoms with E-state index in [9.17, 15) is 14.0 Å². The maximum atomic E-state index is 12.3. The Morgan fingerprint density at radius 3 is 2.32 bits per heavy atom. The lowest BCUT2D eigenvalue weighted by Gasteiger charge is -2.09. The number of rotatable bonds is 7. The number of nitrogens with one attached hydrogen (secondary N) is 2. The molecule has 2 amide bonds. The third-order valence-corrected chi connectivity index (χ3v) is 4.92. The highest BCUT2D eigenvalue weighted by Crippen LogP contribution is 2.30. The van der Waals surface area contributed by atoms with Gasteiger partial charge in [-0.3, -0.25) is 4.79 Å². The van der Waals surface area contributed by atoms with Crippen LogP contribution in [0.2, 0.25) is 0 Å². The maximum Gasteiger partial charge on any atom is 0.397 e. The predicted molar refractivity (Wildman–Crippen MR) is 110 cm³/mol. The Labute approximate surface area is 167 Å². The van der Waals surface area contributed by atoms with Gasteiger partial charge in [-0.15, -0.1) is 4.39 Å². The summed E-state index contributed by atoms with van der Waals surface area (Å²) in [6.45, 7) is 0.254. The Morgan fingerprint density at radius 2 is 1.57 bits per heavy atom. The van der Waals surface area contributed by atoms with Crippen molar-refractivity contribution in [1.29, 1.82) is 0 Å². The number of carbonyl (C=O) groups excluding carboxylic acids is 2. The van der Waals surface area contributed by atoms with Gasteiger partial charge >= 0.3 is 6.16 Å². The lowest BCUT2D eigenvalue weighted by Crippen LogP contribution is -2.20. The van der Waals surface area contributed by atoms with Gasteiger partial charge in [-0.25, -0.2) is 4.79 Å². The highest BCUT2D eigenvalue weighted by molar-refractivity contribution is 7.99. The Balaban J connectivity index is 1.64. The first-order valence-corrected chi connectivity index (χ1v) is 9.58. The Hall–Kier alpha value is -3.12. The van der Waals surface area contributed by atoms with Crippen molar-refractivity contribution in [3.8, 4) is 0 Å². The van der Waals surface area contributed by atoms with Crippen LogP contribution in [0.5, 0.6) is 0 Å². The van der Waals surface area contributed by atoms with Gasteiger partial charge in [0, 0.05) is 27.6 Å². The van der Waals surface area contributed by atoms with Crippen LogP contribution in [0.15, 0.2) is 88.7 Å². The molecule has 0 bridgehead atoms. The van der Waals surface area contributed by atoms with E-state index in [2.05, 4.69) is 10.6 Å². The summed E-state index contributed by atoms with van der Waals surface area (Å²) in [4.78, 5) is 24.6. The number of hydrogen-bond acceptors (Lipinski definition) is 3. The fourth-order valence-corrected chi connectivity index (χ4v) is 3.60. The zero-order valence-electron chi connectivity index (χ0n) is 15.0. The van der Waals surface area contributed by atoms with Crippen LogP contribution < -0.4 is 10.6 Å². The normalized spacial score (nSPS) is 10.3. The fourth-order valence-electron chi connectivity index (χ4n) is 2.64. The molecule has 0 spiro atoms. The van der Waals surface area contributed by atoms with Crippen molar-refractivity contribution in [2.45, 2.75) is 16.2 Å². The molecule has 0 aliphatic carbocycles. The lowest BCUT2D eigenvalue weighted by atomic mass is 10.1. The third-order valence-electron chi connectivity index (χ3n) is 3.94. The largest absolute Gasteiger partial charge is 0.397 e. The molecule has 6 heteroatoms. The fraction of sp³-hybridized carbons (Fsp3) is 0.0909. The summed E-state index contributed by atoms with van der Waals surface area (Å²) in [5.74, 6) is -0.153. The molecule has 142 valence electrons. The molecule has 0 aliphatic heterocycles. The van der Waals surface area contributed by atoms with E-state index in [1.807, 2.05) is 66.7 Å². The van der Waals surface area contributed by atoms with Crippen LogP contribution in [0.4, 0.5) is 14.9 Å². The van der Waals surface area contributed by atoms with Crippen molar-refractivity contribution in [2.75, 3.05) is 11.9 Å². The van der Waals surface area contributed by atoms with Crippen LogP contribution >= 0.6 is 11.8 Å². The molecule has 3 aromatic carbocycles. The number of benzene rings is 3. The van der Waals surface area contributed by atoms with Crippen LogP contribution in [0.3, 0.4) is 0 Å². The van der Waals surface area contributed by atoms with E-state index in [-0.39, 0.29) is 12.5 Å². The van der Waals surface area contributed by atoms with Gasteiger partial charge in [0.1, 0.15) is 0 Å². The van der Waals surface area contributed by atoms with Crippen molar-refractivity contribution in [2.24, 2.45) is 0 Å². The molecule has 3 aromatic rings. The van der Waals surface area contributed by atoms with Gasteiger partial charge in [-0.2, -0.15) is 0 Å². The Kier molecular flexibility index (Phi) is 6.81. The molecule has 2 N–H and O–H groups in total. The van der Waals surface area contributed by atoms with E-state index in [1.165, 1.54) is 0 Å². The van der Waals surface area contributed by atoms with Crippen molar-refractivity contribution >= 4 is 29.5 Å². The second kappa shape index (κ2) is 9.71. The molecular formula is C22H19FN2O2S. The molecule has 0 aromatic heterocycles. The summed E-state index contributed by atoms with van der Waals surface area (Å²) >= 11 is 1.57. The molecule has 0 aliphatic rings. The number of carbonyl (C=O) groups is 2. The first kappa shape index (κ1) is 19.6. The molecule has 28 heavy (non-hydrogen) atoms. The number of halogens is 1. The van der Waals surface area contributed by atoms with Gasteiger partial charge < -0.3 is 10.6 Å². The van der Waals surface area contributed by atoms with Gasteiger partial charge in [0.15, 0.2) is 0 Å². The Bertz CT molecular complexity index is 964. The van der Waals surface area contributed by atoms with Crippen LogP contribution in [-0.2, 0) is 6.42 Å². The van der Waals surface area contributed by atoms with Crippen molar-refractivity contribution in [3.63, 3.8) is 0 Å². The maximum absolute atomic E-state index is 12.3. The number of hydrogen-bond donors (Lipinski definition) is 2. The molecule has 0 saturated carbocycles. The van der Waals surface area contributed by atoms with E-state index in [0.717, 1.165) is 21.0 Å². The van der Waals surface area contributed by atoms with Crippen molar-refractivity contribution in [1.82, 2.24) is 5.32 Å². The average molecular weight is 394 g/mol. The van der Waals surface area contributed by atoms with Gasteiger partial charge in [0.25, 0.3) is 5.91 Å². The molecule has 4 nitrogen and oxygen atoms in total. The van der Waals surface area contributed by atoms with E-state index in [4.69, 9.17) is 0 Å². The third kappa shape index (κ3) is 5.96. The highest BCUT2D eigenvalue weighted by Gasteiger charge is 2.06. The van der Waals surface area contributed by atoms with E-state index >= 15 is 0 Å². The van der Waals surface area contributed by atoms with Crippen LogP contribution in [0.1, 0.15) is 15.9 Å². The van der Waals surface area contributed by atoms with E-state index in [1.54, 1.807) is 23.9 Å². The molecule has 0 heterocycles. The molecule has 3 rings (SSSR count). The molecule has 0 fully saturated rings. The molecule has 0 unspecified atom stereocenters. The first-order valence-electron chi connectivity index (χ1n) is 8.77. The lowest BCUT2D eigenvalue weighted by molar-refractivity contribution is 0.102. The van der Waals surface area contributed by atoms with E-state index < -0.39 is 6.16 Å². The summed E-state index contributed by atoms with van der Waals surface area (Å²) in [7, 11) is 0. The quantitative estimate of drug-likeness (QED) is 0.422. The summed E-state index contributed by atoms with van der Waals surface area (Å²) < 4.78 is 12.2. The second-order valence-electron chi connectivity index (χ2n) is 6.05. The summed E-state index contributed by atoms with van der Waals surface area (Å²) in [6, 6.07) is 24.5. The summed E-state index contributed by atoms with van der Waals surface area (Å²) in [6.07, 6.45) is -0.961. The molecule has 0 saturated heterocycles. The SMILES string of the molecule is O=C(F)NCCc1cccc(Sc2cccc(NC(=O)c3ccccc3)c2)c1.